The average Bonchev–Trinajstić information content (AvgIpc) is 2.68. The molecule has 5 heteroatoms. The number of fused-ring (bicyclic) bond motifs is 1. The zero-order chi connectivity index (χ0) is 12.5. The average molecular weight is 251 g/mol. The van der Waals surface area contributed by atoms with Crippen LogP contribution in [-0.4, -0.2) is 22.5 Å². The van der Waals surface area contributed by atoms with E-state index < -0.39 is 0 Å². The van der Waals surface area contributed by atoms with Crippen molar-refractivity contribution in [3.05, 3.63) is 18.2 Å². The van der Waals surface area contributed by atoms with Gasteiger partial charge in [-0.15, -0.1) is 0 Å². The number of nitrogens with one attached hydrogen (secondary N) is 1. The second-order valence-electron chi connectivity index (χ2n) is 4.56. The quantitative estimate of drug-likeness (QED) is 0.818. The lowest BCUT2D eigenvalue weighted by Gasteiger charge is -2.21. The van der Waals surface area contributed by atoms with Crippen LogP contribution in [0.4, 0.5) is 11.7 Å². The fourth-order valence-corrected chi connectivity index (χ4v) is 1.59. The highest BCUT2D eigenvalue weighted by molar-refractivity contribution is 7.99. The van der Waals surface area contributed by atoms with Crippen molar-refractivity contribution in [1.29, 1.82) is 0 Å². The van der Waals surface area contributed by atoms with E-state index in [4.69, 9.17) is 10.2 Å². The lowest BCUT2D eigenvalue weighted by molar-refractivity contribution is 0.605. The summed E-state index contributed by atoms with van der Waals surface area (Å²) < 4.78 is 5.73. The summed E-state index contributed by atoms with van der Waals surface area (Å²) in [5, 5.41) is 3.21. The number of hydrogen-bond acceptors (Lipinski definition) is 5. The van der Waals surface area contributed by atoms with E-state index in [0.29, 0.717) is 11.7 Å². The van der Waals surface area contributed by atoms with Gasteiger partial charge in [0.2, 0.25) is 0 Å². The third-order valence-electron chi connectivity index (χ3n) is 2.63. The van der Waals surface area contributed by atoms with E-state index in [0.717, 1.165) is 17.6 Å². The van der Waals surface area contributed by atoms with Gasteiger partial charge in [-0.2, -0.15) is 16.7 Å². The lowest BCUT2D eigenvalue weighted by Crippen LogP contribution is -2.25. The van der Waals surface area contributed by atoms with Gasteiger partial charge in [0.1, 0.15) is 5.52 Å². The normalized spacial score (nSPS) is 11.9. The van der Waals surface area contributed by atoms with E-state index in [1.165, 1.54) is 0 Å². The van der Waals surface area contributed by atoms with Crippen molar-refractivity contribution >= 4 is 34.6 Å². The predicted molar refractivity (Wildman–Crippen MR) is 74.5 cm³/mol. The van der Waals surface area contributed by atoms with E-state index in [2.05, 4.69) is 30.4 Å². The lowest BCUT2D eigenvalue weighted by atomic mass is 10.2. The molecule has 0 spiro atoms. The summed E-state index contributed by atoms with van der Waals surface area (Å²) in [7, 11) is 0. The zero-order valence-corrected chi connectivity index (χ0v) is 11.1. The Morgan fingerprint density at radius 2 is 2.24 bits per heavy atom. The van der Waals surface area contributed by atoms with Crippen LogP contribution in [0, 0.1) is 0 Å². The standard InChI is InChI=1S/C12H17N3OS/c1-12(2,17-3)7-14-11-15-9-5-4-8(13)6-10(9)16-11/h4-6H,7,13H2,1-3H3,(H,14,15). The van der Waals surface area contributed by atoms with Gasteiger partial charge in [-0.3, -0.25) is 0 Å². The number of anilines is 2. The Balaban J connectivity index is 2.15. The van der Waals surface area contributed by atoms with Gasteiger partial charge in [0.25, 0.3) is 6.01 Å². The van der Waals surface area contributed by atoms with Crippen molar-refractivity contribution in [2.24, 2.45) is 0 Å². The number of rotatable bonds is 4. The summed E-state index contributed by atoms with van der Waals surface area (Å²) in [6.45, 7) is 5.15. The number of nitrogens with zero attached hydrogens (tertiary/aromatic N) is 1. The summed E-state index contributed by atoms with van der Waals surface area (Å²) in [5.74, 6) is 0. The molecule has 0 radical (unpaired) electrons. The fraction of sp³-hybridized carbons (Fsp3) is 0.417. The maximum atomic E-state index is 5.69. The topological polar surface area (TPSA) is 64.1 Å². The minimum absolute atomic E-state index is 0.152. The Morgan fingerprint density at radius 1 is 1.47 bits per heavy atom. The first-order valence-corrected chi connectivity index (χ1v) is 6.68. The van der Waals surface area contributed by atoms with Gasteiger partial charge < -0.3 is 15.5 Å². The van der Waals surface area contributed by atoms with Crippen molar-refractivity contribution in [2.75, 3.05) is 23.9 Å². The fourth-order valence-electron chi connectivity index (χ4n) is 1.38. The molecule has 4 nitrogen and oxygen atoms in total. The van der Waals surface area contributed by atoms with Crippen molar-refractivity contribution in [3.63, 3.8) is 0 Å². The van der Waals surface area contributed by atoms with Crippen LogP contribution in [0.5, 0.6) is 0 Å². The molecule has 92 valence electrons. The van der Waals surface area contributed by atoms with Gasteiger partial charge in [0.05, 0.1) is 0 Å². The predicted octanol–water partition coefficient (Wildman–Crippen LogP) is 2.96. The summed E-state index contributed by atoms with van der Waals surface area (Å²) in [6, 6.07) is 6.01. The SMILES string of the molecule is CSC(C)(C)CNc1nc2ccc(N)cc2o1. The van der Waals surface area contributed by atoms with Gasteiger partial charge in [-0.25, -0.2) is 0 Å². The van der Waals surface area contributed by atoms with E-state index in [-0.39, 0.29) is 4.75 Å². The highest BCUT2D eigenvalue weighted by Crippen LogP contribution is 2.24. The number of aromatic nitrogens is 1. The minimum atomic E-state index is 0.152. The van der Waals surface area contributed by atoms with Crippen LogP contribution in [0.3, 0.4) is 0 Å². The summed E-state index contributed by atoms with van der Waals surface area (Å²) in [6.07, 6.45) is 2.09. The van der Waals surface area contributed by atoms with Gasteiger partial charge in [0, 0.05) is 23.0 Å². The number of thioether (sulfide) groups is 1. The molecule has 1 aromatic heterocycles. The monoisotopic (exact) mass is 251 g/mol. The van der Waals surface area contributed by atoms with E-state index in [9.17, 15) is 0 Å². The van der Waals surface area contributed by atoms with E-state index >= 15 is 0 Å². The van der Waals surface area contributed by atoms with Crippen LogP contribution in [0.15, 0.2) is 22.6 Å². The van der Waals surface area contributed by atoms with E-state index in [1.807, 2.05) is 12.1 Å². The summed E-state index contributed by atoms with van der Waals surface area (Å²) in [4.78, 5) is 4.35. The van der Waals surface area contributed by atoms with Crippen molar-refractivity contribution in [3.8, 4) is 0 Å². The second-order valence-corrected chi connectivity index (χ2v) is 6.08. The summed E-state index contributed by atoms with van der Waals surface area (Å²) >= 11 is 1.80. The number of nitrogen functional groups attached to an aromatic ring is 1. The summed E-state index contributed by atoms with van der Waals surface area (Å²) in [5.41, 5.74) is 7.91. The molecule has 17 heavy (non-hydrogen) atoms. The number of hydrogen-bond donors (Lipinski definition) is 2. The van der Waals surface area contributed by atoms with Crippen LogP contribution in [0.1, 0.15) is 13.8 Å². The second kappa shape index (κ2) is 4.49. The smallest absolute Gasteiger partial charge is 0.295 e. The highest BCUT2D eigenvalue weighted by Gasteiger charge is 2.16. The third-order valence-corrected chi connectivity index (χ3v) is 3.88. The molecule has 0 bridgehead atoms. The Bertz CT molecular complexity index is 521. The van der Waals surface area contributed by atoms with Gasteiger partial charge in [-0.1, -0.05) is 0 Å². The first-order valence-electron chi connectivity index (χ1n) is 5.45. The molecule has 0 atom stereocenters. The molecule has 0 unspecified atom stereocenters. The molecule has 0 fully saturated rings. The molecule has 0 aliphatic rings. The third kappa shape index (κ3) is 2.85. The molecule has 1 aromatic carbocycles. The molecule has 2 rings (SSSR count). The number of oxazole rings is 1. The molecule has 2 aromatic rings. The molecule has 0 aliphatic carbocycles. The van der Waals surface area contributed by atoms with E-state index in [1.54, 1.807) is 17.8 Å². The first-order chi connectivity index (χ1) is 8.00. The van der Waals surface area contributed by atoms with Crippen LogP contribution >= 0.6 is 11.8 Å². The van der Waals surface area contributed by atoms with Crippen molar-refractivity contribution < 1.29 is 4.42 Å². The molecule has 1 heterocycles. The molecule has 0 saturated carbocycles. The molecule has 0 aliphatic heterocycles. The van der Waals surface area contributed by atoms with Gasteiger partial charge >= 0.3 is 0 Å². The Hall–Kier alpha value is -1.36. The van der Waals surface area contributed by atoms with Gasteiger partial charge in [0.15, 0.2) is 5.58 Å². The number of benzene rings is 1. The van der Waals surface area contributed by atoms with Crippen LogP contribution in [-0.2, 0) is 0 Å². The van der Waals surface area contributed by atoms with Gasteiger partial charge in [-0.05, 0) is 32.2 Å². The highest BCUT2D eigenvalue weighted by atomic mass is 32.2. The molecule has 0 saturated heterocycles. The maximum Gasteiger partial charge on any atom is 0.295 e. The maximum absolute atomic E-state index is 5.69. The Labute approximate surface area is 105 Å². The Kier molecular flexibility index (Phi) is 3.19. The zero-order valence-electron chi connectivity index (χ0n) is 10.3. The first kappa shape index (κ1) is 12.1. The molecule has 0 amide bonds. The van der Waals surface area contributed by atoms with Crippen molar-refractivity contribution in [1.82, 2.24) is 4.98 Å². The van der Waals surface area contributed by atoms with Crippen LogP contribution in [0.2, 0.25) is 0 Å². The molecular formula is C12H17N3OS. The van der Waals surface area contributed by atoms with Crippen molar-refractivity contribution in [2.45, 2.75) is 18.6 Å². The van der Waals surface area contributed by atoms with Crippen LogP contribution < -0.4 is 11.1 Å². The minimum Gasteiger partial charge on any atom is -0.423 e. The largest absolute Gasteiger partial charge is 0.423 e. The number of nitrogens with two attached hydrogens (primary N) is 1. The molecule has 3 N–H and O–H groups in total. The van der Waals surface area contributed by atoms with Crippen LogP contribution in [0.25, 0.3) is 11.1 Å². The molecular weight excluding hydrogens is 234 g/mol. The Morgan fingerprint density at radius 3 is 2.94 bits per heavy atom.